The zero-order valence-corrected chi connectivity index (χ0v) is 10.4. The Morgan fingerprint density at radius 3 is 3.00 bits per heavy atom. The Kier molecular flexibility index (Phi) is 2.93. The first-order valence-electron chi connectivity index (χ1n) is 6.51. The van der Waals surface area contributed by atoms with E-state index in [1.165, 1.54) is 43.7 Å². The van der Waals surface area contributed by atoms with Crippen LogP contribution in [0.1, 0.15) is 18.4 Å². The molecule has 17 heavy (non-hydrogen) atoms. The molecule has 1 aromatic rings. The molecule has 3 nitrogen and oxygen atoms in total. The summed E-state index contributed by atoms with van der Waals surface area (Å²) in [5, 5.41) is 3.65. The molecule has 1 aromatic carbocycles. The number of methoxy groups -OCH3 is 1. The van der Waals surface area contributed by atoms with Crippen LogP contribution < -0.4 is 10.1 Å². The first kappa shape index (κ1) is 10.9. The number of ether oxygens (including phenoxy) is 1. The van der Waals surface area contributed by atoms with Crippen molar-refractivity contribution in [2.45, 2.75) is 25.3 Å². The molecule has 1 fully saturated rings. The van der Waals surface area contributed by atoms with Gasteiger partial charge in [-0.2, -0.15) is 0 Å². The largest absolute Gasteiger partial charge is 0.497 e. The minimum absolute atomic E-state index is 0.621. The minimum Gasteiger partial charge on any atom is -0.497 e. The molecule has 2 aliphatic heterocycles. The summed E-state index contributed by atoms with van der Waals surface area (Å²) in [5.41, 5.74) is 2.69. The molecule has 0 saturated carbocycles. The lowest BCUT2D eigenvalue weighted by molar-refractivity contribution is 0.171. The number of hydrogen-bond acceptors (Lipinski definition) is 3. The Morgan fingerprint density at radius 1 is 1.41 bits per heavy atom. The molecular formula is C14H20N2O. The molecular weight excluding hydrogens is 212 g/mol. The van der Waals surface area contributed by atoms with Crippen molar-refractivity contribution in [3.8, 4) is 5.75 Å². The van der Waals surface area contributed by atoms with Gasteiger partial charge in [0.2, 0.25) is 0 Å². The molecule has 1 unspecified atom stereocenters. The van der Waals surface area contributed by atoms with Gasteiger partial charge in [0.25, 0.3) is 0 Å². The number of hydrogen-bond donors (Lipinski definition) is 1. The van der Waals surface area contributed by atoms with Gasteiger partial charge in [0, 0.05) is 18.3 Å². The average Bonchev–Trinajstić information content (AvgIpc) is 2.33. The molecule has 1 atom stereocenters. The van der Waals surface area contributed by atoms with Crippen molar-refractivity contribution in [2.75, 3.05) is 32.1 Å². The highest BCUT2D eigenvalue weighted by Gasteiger charge is 2.22. The minimum atomic E-state index is 0.621. The first-order chi connectivity index (χ1) is 8.35. The second kappa shape index (κ2) is 4.57. The quantitative estimate of drug-likeness (QED) is 0.864. The molecule has 0 aromatic heterocycles. The van der Waals surface area contributed by atoms with Crippen molar-refractivity contribution in [1.29, 1.82) is 0 Å². The molecule has 0 amide bonds. The van der Waals surface area contributed by atoms with Gasteiger partial charge in [-0.25, -0.2) is 0 Å². The van der Waals surface area contributed by atoms with Gasteiger partial charge in [-0.1, -0.05) is 0 Å². The van der Waals surface area contributed by atoms with Crippen molar-refractivity contribution in [3.05, 3.63) is 23.8 Å². The molecule has 1 N–H and O–H groups in total. The third kappa shape index (κ3) is 2.25. The van der Waals surface area contributed by atoms with Crippen LogP contribution in [0, 0.1) is 0 Å². The van der Waals surface area contributed by atoms with Gasteiger partial charge in [0.1, 0.15) is 5.75 Å². The molecule has 3 rings (SSSR count). The lowest BCUT2D eigenvalue weighted by atomic mass is 9.97. The molecule has 3 heteroatoms. The van der Waals surface area contributed by atoms with Crippen LogP contribution in [0.25, 0.3) is 0 Å². The van der Waals surface area contributed by atoms with Gasteiger partial charge in [-0.15, -0.1) is 0 Å². The highest BCUT2D eigenvalue weighted by molar-refractivity contribution is 5.56. The van der Waals surface area contributed by atoms with E-state index in [0.717, 1.165) is 12.2 Å². The highest BCUT2D eigenvalue weighted by Crippen LogP contribution is 2.29. The number of fused-ring (bicyclic) bond motifs is 1. The van der Waals surface area contributed by atoms with Crippen LogP contribution >= 0.6 is 0 Å². The third-order valence-electron chi connectivity index (χ3n) is 3.86. The van der Waals surface area contributed by atoms with E-state index in [2.05, 4.69) is 22.3 Å². The molecule has 92 valence electrons. The Balaban J connectivity index is 1.67. The van der Waals surface area contributed by atoms with Gasteiger partial charge < -0.3 is 15.0 Å². The van der Waals surface area contributed by atoms with Crippen LogP contribution in [0.3, 0.4) is 0 Å². The summed E-state index contributed by atoms with van der Waals surface area (Å²) in [7, 11) is 1.73. The highest BCUT2D eigenvalue weighted by atomic mass is 16.5. The van der Waals surface area contributed by atoms with Crippen LogP contribution in [0.2, 0.25) is 0 Å². The zero-order valence-electron chi connectivity index (χ0n) is 10.4. The van der Waals surface area contributed by atoms with Crippen LogP contribution in [-0.2, 0) is 6.42 Å². The fourth-order valence-corrected chi connectivity index (χ4v) is 2.68. The molecule has 0 spiro atoms. The summed E-state index contributed by atoms with van der Waals surface area (Å²) in [6.07, 6.45) is 3.77. The third-order valence-corrected chi connectivity index (χ3v) is 3.86. The standard InChI is InChI=1S/C14H20N2O/c1-17-13-5-6-14-11(9-13)3-4-12(15-14)10-16-7-2-8-16/h5-6,9,12,15H,2-4,7-8,10H2,1H3. The van der Waals surface area contributed by atoms with E-state index in [4.69, 9.17) is 4.74 Å². The van der Waals surface area contributed by atoms with E-state index in [1.54, 1.807) is 7.11 Å². The second-order valence-electron chi connectivity index (χ2n) is 5.06. The van der Waals surface area contributed by atoms with E-state index in [-0.39, 0.29) is 0 Å². The van der Waals surface area contributed by atoms with E-state index >= 15 is 0 Å². The number of likely N-dealkylation sites (tertiary alicyclic amines) is 1. The fraction of sp³-hybridized carbons (Fsp3) is 0.571. The van der Waals surface area contributed by atoms with Crippen molar-refractivity contribution < 1.29 is 4.74 Å². The topological polar surface area (TPSA) is 24.5 Å². The maximum absolute atomic E-state index is 5.26. The lowest BCUT2D eigenvalue weighted by Crippen LogP contribution is -2.45. The fourth-order valence-electron chi connectivity index (χ4n) is 2.68. The van der Waals surface area contributed by atoms with Crippen LogP contribution in [0.4, 0.5) is 5.69 Å². The zero-order chi connectivity index (χ0) is 11.7. The van der Waals surface area contributed by atoms with Gasteiger partial charge in [-0.3, -0.25) is 0 Å². The smallest absolute Gasteiger partial charge is 0.119 e. The molecule has 0 aliphatic carbocycles. The summed E-state index contributed by atoms with van der Waals surface area (Å²) in [4.78, 5) is 2.53. The Hall–Kier alpha value is -1.22. The number of rotatable bonds is 3. The monoisotopic (exact) mass is 232 g/mol. The molecule has 2 heterocycles. The lowest BCUT2D eigenvalue weighted by Gasteiger charge is -2.36. The predicted octanol–water partition coefficient (Wildman–Crippen LogP) is 2.13. The predicted molar refractivity (Wildman–Crippen MR) is 69.8 cm³/mol. The van der Waals surface area contributed by atoms with E-state index in [9.17, 15) is 0 Å². The number of nitrogens with zero attached hydrogens (tertiary/aromatic N) is 1. The summed E-state index contributed by atoms with van der Waals surface area (Å²) < 4.78 is 5.26. The van der Waals surface area contributed by atoms with Crippen molar-refractivity contribution in [3.63, 3.8) is 0 Å². The summed E-state index contributed by atoms with van der Waals surface area (Å²) in [6, 6.07) is 6.97. The Bertz CT molecular complexity index is 401. The van der Waals surface area contributed by atoms with E-state index < -0.39 is 0 Å². The number of aryl methyl sites for hydroxylation is 1. The van der Waals surface area contributed by atoms with Crippen LogP contribution in [0.15, 0.2) is 18.2 Å². The SMILES string of the molecule is COc1ccc2c(c1)CCC(CN1CCC1)N2. The first-order valence-corrected chi connectivity index (χ1v) is 6.51. The van der Waals surface area contributed by atoms with E-state index in [1.807, 2.05) is 6.07 Å². The maximum atomic E-state index is 5.26. The van der Waals surface area contributed by atoms with Crippen LogP contribution in [0.5, 0.6) is 5.75 Å². The van der Waals surface area contributed by atoms with Gasteiger partial charge >= 0.3 is 0 Å². The Morgan fingerprint density at radius 2 is 2.29 bits per heavy atom. The normalized spacial score (nSPS) is 23.5. The summed E-state index contributed by atoms with van der Waals surface area (Å²) in [5.74, 6) is 0.965. The molecule has 1 saturated heterocycles. The maximum Gasteiger partial charge on any atom is 0.119 e. The summed E-state index contributed by atoms with van der Waals surface area (Å²) >= 11 is 0. The number of nitrogens with one attached hydrogen (secondary N) is 1. The van der Waals surface area contributed by atoms with Gasteiger partial charge in [0.05, 0.1) is 7.11 Å². The van der Waals surface area contributed by atoms with Gasteiger partial charge in [0.15, 0.2) is 0 Å². The Labute approximate surface area is 103 Å². The molecule has 2 aliphatic rings. The average molecular weight is 232 g/mol. The summed E-state index contributed by atoms with van der Waals surface area (Å²) in [6.45, 7) is 3.77. The molecule has 0 radical (unpaired) electrons. The van der Waals surface area contributed by atoms with Crippen LogP contribution in [-0.4, -0.2) is 37.7 Å². The van der Waals surface area contributed by atoms with Gasteiger partial charge in [-0.05, 0) is 56.1 Å². The second-order valence-corrected chi connectivity index (χ2v) is 5.06. The van der Waals surface area contributed by atoms with Crippen molar-refractivity contribution >= 4 is 5.69 Å². The number of anilines is 1. The van der Waals surface area contributed by atoms with E-state index in [0.29, 0.717) is 6.04 Å². The number of benzene rings is 1. The van der Waals surface area contributed by atoms with Crippen molar-refractivity contribution in [1.82, 2.24) is 4.90 Å². The van der Waals surface area contributed by atoms with Crippen molar-refractivity contribution in [2.24, 2.45) is 0 Å². The molecule has 0 bridgehead atoms.